The second-order valence-corrected chi connectivity index (χ2v) is 5.76. The molecule has 0 amide bonds. The third-order valence-corrected chi connectivity index (χ3v) is 2.94. The molecule has 8 heteroatoms. The van der Waals surface area contributed by atoms with Gasteiger partial charge in [-0.15, -0.1) is 0 Å². The zero-order valence-corrected chi connectivity index (χ0v) is 10.9. The second kappa shape index (κ2) is 5.78. The van der Waals surface area contributed by atoms with Crippen LogP contribution in [0.25, 0.3) is 0 Å². The summed E-state index contributed by atoms with van der Waals surface area (Å²) in [7, 11) is -3.23. The Morgan fingerprint density at radius 2 is 1.89 bits per heavy atom. The van der Waals surface area contributed by atoms with E-state index in [1.807, 2.05) is 0 Å². The van der Waals surface area contributed by atoms with Crippen LogP contribution in [0, 0.1) is 10.1 Å². The van der Waals surface area contributed by atoms with Crippen molar-refractivity contribution in [3.63, 3.8) is 0 Å². The van der Waals surface area contributed by atoms with Crippen LogP contribution in [0.15, 0.2) is 24.3 Å². The Morgan fingerprint density at radius 3 is 2.33 bits per heavy atom. The molecule has 0 radical (unpaired) electrons. The molecule has 0 bridgehead atoms. The molecule has 0 heterocycles. The largest absolute Gasteiger partial charge is 0.383 e. The fourth-order valence-electron chi connectivity index (χ4n) is 1.38. The molecular weight excluding hydrogens is 258 g/mol. The van der Waals surface area contributed by atoms with E-state index in [9.17, 15) is 18.5 Å². The number of nitro benzene ring substituents is 1. The van der Waals surface area contributed by atoms with E-state index in [4.69, 9.17) is 0 Å². The molecule has 18 heavy (non-hydrogen) atoms. The summed E-state index contributed by atoms with van der Waals surface area (Å²) in [6, 6.07) is 5.65. The highest BCUT2D eigenvalue weighted by atomic mass is 32.2. The summed E-state index contributed by atoms with van der Waals surface area (Å²) in [5.74, 6) is 0. The van der Waals surface area contributed by atoms with Gasteiger partial charge in [-0.3, -0.25) is 10.1 Å². The summed E-state index contributed by atoms with van der Waals surface area (Å²) in [6.07, 6.45) is 1.09. The minimum Gasteiger partial charge on any atom is -0.383 e. The number of nitro groups is 1. The first-order valence-electron chi connectivity index (χ1n) is 5.23. The summed E-state index contributed by atoms with van der Waals surface area (Å²) in [6.45, 7) is 2.12. The van der Waals surface area contributed by atoms with Gasteiger partial charge in [0, 0.05) is 30.4 Å². The predicted octanol–water partition coefficient (Wildman–Crippen LogP) is 0.944. The molecule has 0 aliphatic carbocycles. The first-order chi connectivity index (χ1) is 8.28. The van der Waals surface area contributed by atoms with Gasteiger partial charge in [0.15, 0.2) is 0 Å². The molecule has 1 rings (SSSR count). The molecule has 100 valence electrons. The Kier molecular flexibility index (Phi) is 4.62. The lowest BCUT2D eigenvalue weighted by molar-refractivity contribution is -0.384. The number of hydrogen-bond donors (Lipinski definition) is 2. The van der Waals surface area contributed by atoms with E-state index in [1.165, 1.54) is 12.1 Å². The second-order valence-electron chi connectivity index (χ2n) is 3.98. The molecule has 0 spiro atoms. The van der Waals surface area contributed by atoms with Crippen LogP contribution in [0.3, 0.4) is 0 Å². The summed E-state index contributed by atoms with van der Waals surface area (Å²) in [5, 5.41) is 13.4. The van der Waals surface area contributed by atoms with Gasteiger partial charge in [-0.2, -0.15) is 0 Å². The predicted molar refractivity (Wildman–Crippen MR) is 69.0 cm³/mol. The van der Waals surface area contributed by atoms with Gasteiger partial charge >= 0.3 is 0 Å². The van der Waals surface area contributed by atoms with Crippen LogP contribution in [0.5, 0.6) is 0 Å². The van der Waals surface area contributed by atoms with Crippen molar-refractivity contribution in [3.05, 3.63) is 34.4 Å². The lowest BCUT2D eigenvalue weighted by Gasteiger charge is -2.13. The summed E-state index contributed by atoms with van der Waals surface area (Å²) >= 11 is 0. The lowest BCUT2D eigenvalue weighted by atomic mass is 10.2. The van der Waals surface area contributed by atoms with Crippen molar-refractivity contribution in [2.45, 2.75) is 13.0 Å². The van der Waals surface area contributed by atoms with Crippen LogP contribution in [0.4, 0.5) is 11.4 Å². The van der Waals surface area contributed by atoms with Crippen molar-refractivity contribution in [2.24, 2.45) is 0 Å². The summed E-state index contributed by atoms with van der Waals surface area (Å²) < 4.78 is 24.3. The molecule has 1 aromatic carbocycles. The number of non-ortho nitro benzene ring substituents is 1. The number of nitrogens with zero attached hydrogens (tertiary/aromatic N) is 1. The molecule has 1 aromatic rings. The van der Waals surface area contributed by atoms with Crippen molar-refractivity contribution < 1.29 is 13.3 Å². The molecule has 7 nitrogen and oxygen atoms in total. The smallest absolute Gasteiger partial charge is 0.269 e. The molecule has 0 saturated carbocycles. The van der Waals surface area contributed by atoms with Crippen molar-refractivity contribution in [1.29, 1.82) is 0 Å². The molecule has 2 N–H and O–H groups in total. The standard InChI is InChI=1S/C10H15N3O4S/c1-8(12-18(2,16)17)7-11-9-3-5-10(6-4-9)13(14)15/h3-6,8,11-12H,7H2,1-2H3. The molecule has 0 saturated heterocycles. The van der Waals surface area contributed by atoms with Crippen molar-refractivity contribution >= 4 is 21.4 Å². The monoisotopic (exact) mass is 273 g/mol. The van der Waals surface area contributed by atoms with E-state index < -0.39 is 14.9 Å². The van der Waals surface area contributed by atoms with Gasteiger partial charge in [-0.25, -0.2) is 13.1 Å². The molecule has 0 fully saturated rings. The van der Waals surface area contributed by atoms with Crippen LogP contribution in [0.1, 0.15) is 6.92 Å². The Morgan fingerprint density at radius 1 is 1.33 bits per heavy atom. The van der Waals surface area contributed by atoms with Crippen molar-refractivity contribution in [2.75, 3.05) is 18.1 Å². The van der Waals surface area contributed by atoms with Gasteiger partial charge in [-0.05, 0) is 19.1 Å². The highest BCUT2D eigenvalue weighted by molar-refractivity contribution is 7.88. The zero-order chi connectivity index (χ0) is 13.8. The van der Waals surface area contributed by atoms with Crippen LogP contribution in [0.2, 0.25) is 0 Å². The Labute approximate surface area is 105 Å². The third-order valence-electron chi connectivity index (χ3n) is 2.11. The molecule has 1 atom stereocenters. The number of hydrogen-bond acceptors (Lipinski definition) is 5. The lowest BCUT2D eigenvalue weighted by Crippen LogP contribution is -2.36. The fourth-order valence-corrected chi connectivity index (χ4v) is 2.19. The number of benzene rings is 1. The van der Waals surface area contributed by atoms with Gasteiger partial charge in [0.05, 0.1) is 11.2 Å². The van der Waals surface area contributed by atoms with E-state index in [-0.39, 0.29) is 11.7 Å². The number of sulfonamides is 1. The maximum Gasteiger partial charge on any atom is 0.269 e. The van der Waals surface area contributed by atoms with Gasteiger partial charge in [0.25, 0.3) is 5.69 Å². The average Bonchev–Trinajstić information content (AvgIpc) is 2.24. The number of anilines is 1. The maximum absolute atomic E-state index is 11.0. The van der Waals surface area contributed by atoms with Gasteiger partial charge in [-0.1, -0.05) is 0 Å². The highest BCUT2D eigenvalue weighted by Crippen LogP contribution is 2.15. The molecule has 0 aromatic heterocycles. The zero-order valence-electron chi connectivity index (χ0n) is 10.1. The summed E-state index contributed by atoms with van der Waals surface area (Å²) in [5.41, 5.74) is 0.714. The molecule has 0 aliphatic heterocycles. The fraction of sp³-hybridized carbons (Fsp3) is 0.400. The van der Waals surface area contributed by atoms with Crippen LogP contribution in [-0.2, 0) is 10.0 Å². The first-order valence-corrected chi connectivity index (χ1v) is 7.13. The van der Waals surface area contributed by atoms with Gasteiger partial charge in [0.2, 0.25) is 10.0 Å². The van der Waals surface area contributed by atoms with Crippen LogP contribution < -0.4 is 10.0 Å². The minimum atomic E-state index is -3.23. The van der Waals surface area contributed by atoms with E-state index >= 15 is 0 Å². The molecule has 1 unspecified atom stereocenters. The molecule has 0 aliphatic rings. The van der Waals surface area contributed by atoms with Crippen LogP contribution in [-0.4, -0.2) is 32.2 Å². The topological polar surface area (TPSA) is 101 Å². The molecular formula is C10H15N3O4S. The average molecular weight is 273 g/mol. The normalized spacial score (nSPS) is 13.0. The maximum atomic E-state index is 11.0. The quantitative estimate of drug-likeness (QED) is 0.593. The van der Waals surface area contributed by atoms with E-state index in [0.717, 1.165) is 6.26 Å². The van der Waals surface area contributed by atoms with E-state index in [1.54, 1.807) is 19.1 Å². The Balaban J connectivity index is 2.51. The van der Waals surface area contributed by atoms with Crippen molar-refractivity contribution in [1.82, 2.24) is 4.72 Å². The Bertz CT molecular complexity index is 512. The Hall–Kier alpha value is -1.67. The SMILES string of the molecule is CC(CNc1ccc([N+](=O)[O-])cc1)NS(C)(=O)=O. The summed E-state index contributed by atoms with van der Waals surface area (Å²) in [4.78, 5) is 9.97. The van der Waals surface area contributed by atoms with Crippen molar-refractivity contribution in [3.8, 4) is 0 Å². The number of rotatable bonds is 6. The van der Waals surface area contributed by atoms with Crippen LogP contribution >= 0.6 is 0 Å². The minimum absolute atomic E-state index is 0.0165. The van der Waals surface area contributed by atoms with E-state index in [2.05, 4.69) is 10.0 Å². The number of nitrogens with one attached hydrogen (secondary N) is 2. The van der Waals surface area contributed by atoms with Gasteiger partial charge in [0.1, 0.15) is 0 Å². The van der Waals surface area contributed by atoms with Gasteiger partial charge < -0.3 is 5.32 Å². The third kappa shape index (κ3) is 5.11. The highest BCUT2D eigenvalue weighted by Gasteiger charge is 2.08. The van der Waals surface area contributed by atoms with E-state index in [0.29, 0.717) is 12.2 Å². The first kappa shape index (κ1) is 14.4.